The third-order valence-electron chi connectivity index (χ3n) is 4.77. The molecule has 0 fully saturated rings. The summed E-state index contributed by atoms with van der Waals surface area (Å²) in [7, 11) is 1.60. The van der Waals surface area contributed by atoms with E-state index in [0.29, 0.717) is 35.9 Å². The van der Waals surface area contributed by atoms with Gasteiger partial charge in [0.15, 0.2) is 4.80 Å². The minimum Gasteiger partial charge on any atom is -0.497 e. The summed E-state index contributed by atoms with van der Waals surface area (Å²) in [5.41, 5.74) is 1.60. The number of rotatable bonds is 6. The van der Waals surface area contributed by atoms with Gasteiger partial charge < -0.3 is 14.0 Å². The first-order valence-electron chi connectivity index (χ1n) is 9.53. The number of thiazole rings is 1. The molecule has 0 spiro atoms. The number of benzene rings is 3. The molecule has 0 saturated carbocycles. The minimum absolute atomic E-state index is 0.270. The van der Waals surface area contributed by atoms with E-state index >= 15 is 0 Å². The van der Waals surface area contributed by atoms with Crippen molar-refractivity contribution in [3.63, 3.8) is 0 Å². The number of carbonyl (C=O) groups excluding carboxylic acids is 1. The number of fused-ring (bicyclic) bond motifs is 3. The fourth-order valence-electron chi connectivity index (χ4n) is 3.29. The maximum absolute atomic E-state index is 12.8. The highest BCUT2D eigenvalue weighted by molar-refractivity contribution is 7.17. The SMILES string of the molecule is CCOCCn1c(=NC(=O)c2ccc(OC)cc2)sc2c3ccccc3ccc21. The smallest absolute Gasteiger partial charge is 0.279 e. The predicted octanol–water partition coefficient (Wildman–Crippen LogP) is 4.64. The van der Waals surface area contributed by atoms with Gasteiger partial charge in [0, 0.05) is 24.1 Å². The molecule has 0 atom stereocenters. The Morgan fingerprint density at radius 1 is 1.07 bits per heavy atom. The second kappa shape index (κ2) is 8.59. The number of hydrogen-bond acceptors (Lipinski definition) is 4. The van der Waals surface area contributed by atoms with Crippen molar-refractivity contribution >= 4 is 38.2 Å². The van der Waals surface area contributed by atoms with E-state index in [2.05, 4.69) is 33.8 Å². The van der Waals surface area contributed by atoms with Crippen LogP contribution in [-0.2, 0) is 11.3 Å². The molecule has 4 rings (SSSR count). The van der Waals surface area contributed by atoms with Crippen molar-refractivity contribution in [2.75, 3.05) is 20.3 Å². The van der Waals surface area contributed by atoms with E-state index < -0.39 is 0 Å². The molecular formula is C23H22N2O3S. The van der Waals surface area contributed by atoms with Crippen LogP contribution in [0, 0.1) is 0 Å². The second-order valence-electron chi connectivity index (χ2n) is 6.51. The number of amides is 1. The van der Waals surface area contributed by atoms with Gasteiger partial charge in [0.2, 0.25) is 0 Å². The zero-order valence-electron chi connectivity index (χ0n) is 16.4. The van der Waals surface area contributed by atoms with Crippen LogP contribution in [0.3, 0.4) is 0 Å². The van der Waals surface area contributed by atoms with Crippen LogP contribution < -0.4 is 9.54 Å². The summed E-state index contributed by atoms with van der Waals surface area (Å²) in [6.45, 7) is 3.84. The fraction of sp³-hybridized carbons (Fsp3) is 0.217. The summed E-state index contributed by atoms with van der Waals surface area (Å²) in [5.74, 6) is 0.440. The monoisotopic (exact) mass is 406 g/mol. The van der Waals surface area contributed by atoms with E-state index in [1.165, 1.54) is 22.1 Å². The van der Waals surface area contributed by atoms with Crippen molar-refractivity contribution in [1.82, 2.24) is 4.57 Å². The summed E-state index contributed by atoms with van der Waals surface area (Å²) in [6.07, 6.45) is 0. The lowest BCUT2D eigenvalue weighted by Crippen LogP contribution is -2.19. The second-order valence-corrected chi connectivity index (χ2v) is 7.49. The normalized spacial score (nSPS) is 12.0. The van der Waals surface area contributed by atoms with E-state index in [0.717, 1.165) is 10.2 Å². The minimum atomic E-state index is -0.270. The first-order valence-corrected chi connectivity index (χ1v) is 10.3. The number of nitrogens with zero attached hydrogens (tertiary/aromatic N) is 2. The van der Waals surface area contributed by atoms with Crippen molar-refractivity contribution in [2.24, 2.45) is 4.99 Å². The lowest BCUT2D eigenvalue weighted by molar-refractivity contribution is 0.0996. The van der Waals surface area contributed by atoms with Gasteiger partial charge in [-0.25, -0.2) is 0 Å². The third-order valence-corrected chi connectivity index (χ3v) is 5.90. The molecule has 1 heterocycles. The van der Waals surface area contributed by atoms with E-state index in [4.69, 9.17) is 9.47 Å². The molecule has 0 aliphatic heterocycles. The van der Waals surface area contributed by atoms with Gasteiger partial charge in [-0.3, -0.25) is 4.79 Å². The average molecular weight is 407 g/mol. The largest absolute Gasteiger partial charge is 0.497 e. The number of hydrogen-bond donors (Lipinski definition) is 0. The highest BCUT2D eigenvalue weighted by Gasteiger charge is 2.12. The maximum atomic E-state index is 12.8. The van der Waals surface area contributed by atoms with Crippen LogP contribution in [-0.4, -0.2) is 30.8 Å². The molecule has 3 aromatic carbocycles. The molecule has 5 nitrogen and oxygen atoms in total. The molecule has 29 heavy (non-hydrogen) atoms. The highest BCUT2D eigenvalue weighted by atomic mass is 32.1. The molecule has 1 aromatic heterocycles. The standard InChI is InChI=1S/C23H22N2O3S/c1-3-28-15-14-25-20-13-10-16-6-4-5-7-19(16)21(20)29-23(25)24-22(26)17-8-11-18(27-2)12-9-17/h4-13H,3,14-15H2,1-2H3. The molecule has 6 heteroatoms. The zero-order valence-corrected chi connectivity index (χ0v) is 17.2. The molecular weight excluding hydrogens is 384 g/mol. The first kappa shape index (κ1) is 19.4. The topological polar surface area (TPSA) is 52.8 Å². The van der Waals surface area contributed by atoms with Gasteiger partial charge in [-0.1, -0.05) is 41.7 Å². The Morgan fingerprint density at radius 3 is 2.62 bits per heavy atom. The number of carbonyl (C=O) groups is 1. The molecule has 148 valence electrons. The maximum Gasteiger partial charge on any atom is 0.279 e. The van der Waals surface area contributed by atoms with Crippen molar-refractivity contribution in [3.05, 3.63) is 71.0 Å². The Hall–Kier alpha value is -2.96. The third kappa shape index (κ3) is 3.95. The summed E-state index contributed by atoms with van der Waals surface area (Å²) in [5, 5.41) is 2.34. The zero-order chi connectivity index (χ0) is 20.2. The van der Waals surface area contributed by atoms with Crippen LogP contribution in [0.5, 0.6) is 5.75 Å². The van der Waals surface area contributed by atoms with Crippen LogP contribution in [0.1, 0.15) is 17.3 Å². The Labute approximate surface area is 172 Å². The molecule has 0 N–H and O–H groups in total. The van der Waals surface area contributed by atoms with Gasteiger partial charge in [0.25, 0.3) is 5.91 Å². The molecule has 4 aromatic rings. The van der Waals surface area contributed by atoms with Gasteiger partial charge in [0.1, 0.15) is 5.75 Å². The lowest BCUT2D eigenvalue weighted by atomic mass is 10.1. The first-order chi connectivity index (χ1) is 14.2. The Morgan fingerprint density at radius 2 is 1.86 bits per heavy atom. The van der Waals surface area contributed by atoms with E-state index in [9.17, 15) is 4.79 Å². The Kier molecular flexibility index (Phi) is 5.74. The molecule has 0 bridgehead atoms. The van der Waals surface area contributed by atoms with E-state index in [1.807, 2.05) is 19.1 Å². The quantitative estimate of drug-likeness (QED) is 0.438. The van der Waals surface area contributed by atoms with Crippen LogP contribution in [0.4, 0.5) is 0 Å². The van der Waals surface area contributed by atoms with E-state index in [-0.39, 0.29) is 5.91 Å². The van der Waals surface area contributed by atoms with Crippen molar-refractivity contribution < 1.29 is 14.3 Å². The number of aromatic nitrogens is 1. The van der Waals surface area contributed by atoms with Crippen LogP contribution in [0.2, 0.25) is 0 Å². The van der Waals surface area contributed by atoms with Gasteiger partial charge in [-0.2, -0.15) is 4.99 Å². The highest BCUT2D eigenvalue weighted by Crippen LogP contribution is 2.27. The molecule has 1 amide bonds. The van der Waals surface area contributed by atoms with Crippen molar-refractivity contribution in [1.29, 1.82) is 0 Å². The predicted molar refractivity (Wildman–Crippen MR) is 117 cm³/mol. The molecule has 0 aliphatic rings. The summed E-state index contributed by atoms with van der Waals surface area (Å²) >= 11 is 1.54. The van der Waals surface area contributed by atoms with Gasteiger partial charge >= 0.3 is 0 Å². The van der Waals surface area contributed by atoms with Crippen molar-refractivity contribution in [3.8, 4) is 5.75 Å². The molecule has 0 aliphatic carbocycles. The van der Waals surface area contributed by atoms with Gasteiger partial charge in [0.05, 0.1) is 23.9 Å². The average Bonchev–Trinajstić information content (AvgIpc) is 3.11. The Bertz CT molecular complexity index is 1220. The number of ether oxygens (including phenoxy) is 2. The fourth-order valence-corrected chi connectivity index (χ4v) is 4.47. The number of methoxy groups -OCH3 is 1. The molecule has 0 unspecified atom stereocenters. The molecule has 0 radical (unpaired) electrons. The van der Waals surface area contributed by atoms with Crippen LogP contribution in [0.25, 0.3) is 21.0 Å². The van der Waals surface area contributed by atoms with Crippen LogP contribution in [0.15, 0.2) is 65.7 Å². The Balaban J connectivity index is 1.84. The lowest BCUT2D eigenvalue weighted by Gasteiger charge is -2.06. The van der Waals surface area contributed by atoms with Crippen LogP contribution >= 0.6 is 11.3 Å². The van der Waals surface area contributed by atoms with Crippen molar-refractivity contribution in [2.45, 2.75) is 13.5 Å². The summed E-state index contributed by atoms with van der Waals surface area (Å²) in [4.78, 5) is 17.9. The van der Waals surface area contributed by atoms with Gasteiger partial charge in [-0.15, -0.1) is 0 Å². The summed E-state index contributed by atoms with van der Waals surface area (Å²) < 4.78 is 13.9. The van der Waals surface area contributed by atoms with E-state index in [1.54, 1.807) is 31.4 Å². The molecule has 0 saturated heterocycles. The summed E-state index contributed by atoms with van der Waals surface area (Å²) in [6, 6.07) is 19.5. The van der Waals surface area contributed by atoms with Gasteiger partial charge in [-0.05, 0) is 42.6 Å².